The molecule has 0 aromatic carbocycles. The number of rotatable bonds is 3. The van der Waals surface area contributed by atoms with E-state index in [4.69, 9.17) is 0 Å². The number of nitrogens with zero attached hydrogens (tertiary/aromatic N) is 1. The molecule has 0 bridgehead atoms. The summed E-state index contributed by atoms with van der Waals surface area (Å²) in [6.07, 6.45) is 2.93. The number of aliphatic hydroxyl groups is 1. The number of carbonyl (C=O) groups excluding carboxylic acids is 2. The summed E-state index contributed by atoms with van der Waals surface area (Å²) >= 11 is 0. The number of carbonyl (C=O) groups is 2. The van der Waals surface area contributed by atoms with E-state index in [1.807, 2.05) is 4.90 Å². The summed E-state index contributed by atoms with van der Waals surface area (Å²) in [5.74, 6) is -0.0741. The number of likely N-dealkylation sites (tertiary alicyclic amines) is 1. The van der Waals surface area contributed by atoms with E-state index in [-0.39, 0.29) is 23.8 Å². The molecule has 0 spiro atoms. The van der Waals surface area contributed by atoms with Gasteiger partial charge in [0.15, 0.2) is 0 Å². The molecule has 2 aliphatic rings. The third kappa shape index (κ3) is 2.97. The average molecular weight is 282 g/mol. The molecule has 1 aliphatic carbocycles. The lowest BCUT2D eigenvalue weighted by molar-refractivity contribution is -0.138. The SMILES string of the molecule is CCC(=O)N[C@H]1C[C@H](C(=O)N2[C@H](C)CC[C@@H]2C)C[C@@H]1O. The first kappa shape index (κ1) is 15.3. The zero-order valence-electron chi connectivity index (χ0n) is 12.6. The summed E-state index contributed by atoms with van der Waals surface area (Å²) in [6.45, 7) is 5.96. The summed E-state index contributed by atoms with van der Waals surface area (Å²) in [5, 5.41) is 12.9. The Bertz CT molecular complexity index is 375. The van der Waals surface area contributed by atoms with Crippen molar-refractivity contribution in [1.29, 1.82) is 0 Å². The minimum absolute atomic E-state index is 0.0648. The first-order valence-corrected chi connectivity index (χ1v) is 7.73. The molecule has 1 aliphatic heterocycles. The molecule has 5 atom stereocenters. The normalized spacial score (nSPS) is 37.2. The highest BCUT2D eigenvalue weighted by Crippen LogP contribution is 2.32. The average Bonchev–Trinajstić information content (AvgIpc) is 2.93. The molecule has 0 unspecified atom stereocenters. The van der Waals surface area contributed by atoms with Gasteiger partial charge in [0.25, 0.3) is 0 Å². The predicted octanol–water partition coefficient (Wildman–Crippen LogP) is 1.05. The summed E-state index contributed by atoms with van der Waals surface area (Å²) in [4.78, 5) is 26.0. The van der Waals surface area contributed by atoms with Crippen LogP contribution in [0.25, 0.3) is 0 Å². The molecule has 2 N–H and O–H groups in total. The molecule has 1 heterocycles. The van der Waals surface area contributed by atoms with Crippen LogP contribution in [0.1, 0.15) is 52.9 Å². The van der Waals surface area contributed by atoms with Crippen LogP contribution in [0, 0.1) is 5.92 Å². The van der Waals surface area contributed by atoms with Crippen molar-refractivity contribution in [2.45, 2.75) is 77.1 Å². The van der Waals surface area contributed by atoms with Crippen LogP contribution in [-0.4, -0.2) is 46.1 Å². The summed E-state index contributed by atoms with van der Waals surface area (Å²) < 4.78 is 0. The van der Waals surface area contributed by atoms with Gasteiger partial charge < -0.3 is 15.3 Å². The highest BCUT2D eigenvalue weighted by Gasteiger charge is 2.42. The third-order valence-electron chi connectivity index (χ3n) is 4.75. The second-order valence-corrected chi connectivity index (χ2v) is 6.28. The van der Waals surface area contributed by atoms with E-state index in [2.05, 4.69) is 19.2 Å². The van der Waals surface area contributed by atoms with Crippen LogP contribution in [-0.2, 0) is 9.59 Å². The minimum atomic E-state index is -0.604. The van der Waals surface area contributed by atoms with Gasteiger partial charge in [0.1, 0.15) is 0 Å². The first-order chi connectivity index (χ1) is 9.43. The molecule has 1 saturated carbocycles. The van der Waals surface area contributed by atoms with Crippen molar-refractivity contribution < 1.29 is 14.7 Å². The van der Waals surface area contributed by atoms with Gasteiger partial charge in [0, 0.05) is 24.4 Å². The van der Waals surface area contributed by atoms with Gasteiger partial charge in [-0.3, -0.25) is 9.59 Å². The topological polar surface area (TPSA) is 69.6 Å². The van der Waals surface area contributed by atoms with Crippen molar-refractivity contribution in [2.75, 3.05) is 0 Å². The molecular weight excluding hydrogens is 256 g/mol. The number of hydrogen-bond donors (Lipinski definition) is 2. The molecule has 114 valence electrons. The molecule has 2 rings (SSSR count). The summed E-state index contributed by atoms with van der Waals surface area (Å²) in [7, 11) is 0. The van der Waals surface area contributed by atoms with Gasteiger partial charge in [0.05, 0.1) is 12.1 Å². The van der Waals surface area contributed by atoms with Crippen LogP contribution < -0.4 is 5.32 Å². The Kier molecular flexibility index (Phi) is 4.68. The van der Waals surface area contributed by atoms with E-state index in [0.717, 1.165) is 12.8 Å². The van der Waals surface area contributed by atoms with Gasteiger partial charge in [-0.15, -0.1) is 0 Å². The molecule has 20 heavy (non-hydrogen) atoms. The summed E-state index contributed by atoms with van der Waals surface area (Å²) in [5.41, 5.74) is 0. The number of aliphatic hydroxyl groups excluding tert-OH is 1. The van der Waals surface area contributed by atoms with Crippen LogP contribution >= 0.6 is 0 Å². The molecule has 5 heteroatoms. The largest absolute Gasteiger partial charge is 0.391 e. The second-order valence-electron chi connectivity index (χ2n) is 6.28. The monoisotopic (exact) mass is 282 g/mol. The maximum absolute atomic E-state index is 12.6. The van der Waals surface area contributed by atoms with Crippen molar-refractivity contribution in [3.05, 3.63) is 0 Å². The Labute approximate surface area is 120 Å². The Morgan fingerprint density at radius 3 is 2.35 bits per heavy atom. The minimum Gasteiger partial charge on any atom is -0.391 e. The van der Waals surface area contributed by atoms with Gasteiger partial charge in [-0.05, 0) is 39.5 Å². The molecule has 0 aromatic heterocycles. The lowest BCUT2D eigenvalue weighted by Crippen LogP contribution is -2.42. The number of nitrogens with one attached hydrogen (secondary N) is 1. The van der Waals surface area contributed by atoms with E-state index in [0.29, 0.717) is 31.3 Å². The van der Waals surface area contributed by atoms with Crippen LogP contribution in [0.15, 0.2) is 0 Å². The Balaban J connectivity index is 1.97. The van der Waals surface area contributed by atoms with Gasteiger partial charge in [-0.25, -0.2) is 0 Å². The zero-order valence-corrected chi connectivity index (χ0v) is 12.6. The van der Waals surface area contributed by atoms with Gasteiger partial charge in [-0.2, -0.15) is 0 Å². The Hall–Kier alpha value is -1.10. The van der Waals surface area contributed by atoms with E-state index in [1.165, 1.54) is 0 Å². The fraction of sp³-hybridized carbons (Fsp3) is 0.867. The van der Waals surface area contributed by atoms with Crippen LogP contribution in [0.4, 0.5) is 0 Å². The van der Waals surface area contributed by atoms with Crippen molar-refractivity contribution in [2.24, 2.45) is 5.92 Å². The maximum atomic E-state index is 12.6. The Morgan fingerprint density at radius 2 is 1.80 bits per heavy atom. The fourth-order valence-corrected chi connectivity index (χ4v) is 3.52. The molecular formula is C15H26N2O3. The number of hydrogen-bond acceptors (Lipinski definition) is 3. The van der Waals surface area contributed by atoms with Crippen LogP contribution in [0.3, 0.4) is 0 Å². The van der Waals surface area contributed by atoms with Crippen LogP contribution in [0.5, 0.6) is 0 Å². The van der Waals surface area contributed by atoms with E-state index >= 15 is 0 Å². The fourth-order valence-electron chi connectivity index (χ4n) is 3.52. The van der Waals surface area contributed by atoms with Crippen molar-refractivity contribution in [1.82, 2.24) is 10.2 Å². The lowest BCUT2D eigenvalue weighted by Gasteiger charge is -2.29. The molecule has 2 fully saturated rings. The van der Waals surface area contributed by atoms with Crippen molar-refractivity contribution in [3.63, 3.8) is 0 Å². The predicted molar refractivity (Wildman–Crippen MR) is 76.0 cm³/mol. The van der Waals surface area contributed by atoms with Crippen molar-refractivity contribution >= 4 is 11.8 Å². The Morgan fingerprint density at radius 1 is 1.20 bits per heavy atom. The molecule has 5 nitrogen and oxygen atoms in total. The van der Waals surface area contributed by atoms with Gasteiger partial charge >= 0.3 is 0 Å². The highest BCUT2D eigenvalue weighted by molar-refractivity contribution is 5.81. The third-order valence-corrected chi connectivity index (χ3v) is 4.75. The summed E-state index contributed by atoms with van der Waals surface area (Å²) in [6, 6.07) is 0.308. The van der Waals surface area contributed by atoms with Gasteiger partial charge in [-0.1, -0.05) is 6.92 Å². The molecule has 0 radical (unpaired) electrons. The lowest BCUT2D eigenvalue weighted by atomic mass is 10.0. The zero-order chi connectivity index (χ0) is 14.9. The van der Waals surface area contributed by atoms with E-state index in [1.54, 1.807) is 6.92 Å². The molecule has 1 saturated heterocycles. The quantitative estimate of drug-likeness (QED) is 0.813. The second kappa shape index (κ2) is 6.12. The standard InChI is InChI=1S/C15H26N2O3/c1-4-14(19)16-12-7-11(8-13(12)18)15(20)17-9(2)5-6-10(17)3/h9-13,18H,4-8H2,1-3H3,(H,16,19)/t9-,10+,11-,12-,13-/m0/s1. The molecule has 0 aromatic rings. The smallest absolute Gasteiger partial charge is 0.226 e. The number of amides is 2. The van der Waals surface area contributed by atoms with E-state index < -0.39 is 6.10 Å². The van der Waals surface area contributed by atoms with Crippen LogP contribution in [0.2, 0.25) is 0 Å². The maximum Gasteiger partial charge on any atom is 0.226 e. The van der Waals surface area contributed by atoms with Crippen molar-refractivity contribution in [3.8, 4) is 0 Å². The molecule has 2 amide bonds. The van der Waals surface area contributed by atoms with E-state index in [9.17, 15) is 14.7 Å². The highest BCUT2D eigenvalue weighted by atomic mass is 16.3. The first-order valence-electron chi connectivity index (χ1n) is 7.73. The van der Waals surface area contributed by atoms with Gasteiger partial charge in [0.2, 0.25) is 11.8 Å².